The molecule has 2 N–H and O–H groups in total. The lowest BCUT2D eigenvalue weighted by Gasteiger charge is -2.23. The number of cyclic esters (lactones) is 1. The Morgan fingerprint density at radius 2 is 2.11 bits per heavy atom. The molecule has 0 fully saturated rings. The fourth-order valence-electron chi connectivity index (χ4n) is 2.41. The predicted molar refractivity (Wildman–Crippen MR) is 110 cm³/mol. The van der Waals surface area contributed by atoms with Crippen LogP contribution in [-0.2, 0) is 25.7 Å². The first-order valence-corrected chi connectivity index (χ1v) is 10.6. The van der Waals surface area contributed by atoms with Crippen LogP contribution in [0.1, 0.15) is 31.0 Å². The summed E-state index contributed by atoms with van der Waals surface area (Å²) in [6.07, 6.45) is 0.573. The van der Waals surface area contributed by atoms with Crippen molar-refractivity contribution >= 4 is 45.9 Å². The first-order chi connectivity index (χ1) is 13.3. The van der Waals surface area contributed by atoms with Crippen LogP contribution in [0.2, 0.25) is 0 Å². The third kappa shape index (κ3) is 6.16. The third-order valence-corrected chi connectivity index (χ3v) is 5.83. The van der Waals surface area contributed by atoms with Gasteiger partial charge in [0.05, 0.1) is 18.7 Å². The molecule has 28 heavy (non-hydrogen) atoms. The van der Waals surface area contributed by atoms with Crippen molar-refractivity contribution in [3.05, 3.63) is 28.7 Å². The number of esters is 1. The lowest BCUT2D eigenvalue weighted by Crippen LogP contribution is -2.47. The van der Waals surface area contributed by atoms with Crippen LogP contribution in [0.5, 0.6) is 0 Å². The summed E-state index contributed by atoms with van der Waals surface area (Å²) < 4.78 is 5.39. The van der Waals surface area contributed by atoms with Gasteiger partial charge in [0.25, 0.3) is 0 Å². The molecule has 2 atom stereocenters. The molecule has 2 rings (SSSR count). The third-order valence-electron chi connectivity index (χ3n) is 3.90. The Morgan fingerprint density at radius 3 is 2.75 bits per heavy atom. The number of carbonyl (C=O) groups excluding carboxylic acids is 3. The monoisotopic (exact) mass is 424 g/mol. The largest absolute Gasteiger partial charge is 0.456 e. The van der Waals surface area contributed by atoms with Gasteiger partial charge in [0.2, 0.25) is 11.8 Å². The van der Waals surface area contributed by atoms with Crippen molar-refractivity contribution in [1.82, 2.24) is 15.6 Å². The van der Waals surface area contributed by atoms with E-state index in [0.717, 1.165) is 0 Å². The number of rotatable bonds is 2. The molecule has 1 aromatic heterocycles. The molecule has 2 amide bonds. The van der Waals surface area contributed by atoms with E-state index >= 15 is 0 Å². The predicted octanol–water partition coefficient (Wildman–Crippen LogP) is 1.51. The SMILES string of the molecule is C=CC1CC(=O)NCc2nc(cs2)/C(=N/C)SCC(=O)N[C@@H](C(C)C)C(=O)O1. The van der Waals surface area contributed by atoms with E-state index in [1.54, 1.807) is 7.05 Å². The maximum atomic E-state index is 12.5. The Hall–Kier alpha value is -2.20. The second kappa shape index (κ2) is 10.4. The second-order valence-electron chi connectivity index (χ2n) is 6.43. The van der Waals surface area contributed by atoms with E-state index in [-0.39, 0.29) is 36.5 Å². The minimum Gasteiger partial charge on any atom is -0.456 e. The number of amides is 2. The van der Waals surface area contributed by atoms with Crippen molar-refractivity contribution < 1.29 is 19.1 Å². The maximum absolute atomic E-state index is 12.5. The van der Waals surface area contributed by atoms with Gasteiger partial charge in [0.1, 0.15) is 27.9 Å². The topological polar surface area (TPSA) is 110 Å². The quantitative estimate of drug-likeness (QED) is 0.550. The smallest absolute Gasteiger partial charge is 0.329 e. The second-order valence-corrected chi connectivity index (χ2v) is 8.33. The number of hydrogen-bond donors (Lipinski definition) is 2. The number of ether oxygens (including phenoxy) is 1. The van der Waals surface area contributed by atoms with E-state index in [9.17, 15) is 14.4 Å². The molecule has 1 aromatic rings. The maximum Gasteiger partial charge on any atom is 0.329 e. The summed E-state index contributed by atoms with van der Waals surface area (Å²) >= 11 is 2.64. The zero-order valence-corrected chi connectivity index (χ0v) is 17.7. The van der Waals surface area contributed by atoms with Crippen molar-refractivity contribution in [2.24, 2.45) is 10.9 Å². The fraction of sp³-hybridized carbons (Fsp3) is 0.500. The molecular formula is C18H24N4O4S2. The molecule has 2 bridgehead atoms. The number of carbonyl (C=O) groups is 3. The van der Waals surface area contributed by atoms with Gasteiger partial charge in [-0.25, -0.2) is 9.78 Å². The van der Waals surface area contributed by atoms with E-state index < -0.39 is 18.1 Å². The number of aliphatic imine (C=N–C) groups is 1. The highest BCUT2D eigenvalue weighted by Crippen LogP contribution is 2.18. The van der Waals surface area contributed by atoms with Crippen LogP contribution in [0.4, 0.5) is 0 Å². The van der Waals surface area contributed by atoms with Crippen LogP contribution in [0.25, 0.3) is 0 Å². The number of thiazole rings is 1. The summed E-state index contributed by atoms with van der Waals surface area (Å²) in [5, 5.41) is 8.64. The molecule has 0 saturated heterocycles. The minimum atomic E-state index is -0.820. The van der Waals surface area contributed by atoms with Crippen molar-refractivity contribution in [3.8, 4) is 0 Å². The Bertz CT molecular complexity index is 775. The molecule has 152 valence electrons. The molecule has 8 nitrogen and oxygen atoms in total. The number of fused-ring (bicyclic) bond motifs is 2. The van der Waals surface area contributed by atoms with Crippen LogP contribution in [0.15, 0.2) is 23.0 Å². The first kappa shape index (κ1) is 22.1. The molecule has 2 heterocycles. The summed E-state index contributed by atoms with van der Waals surface area (Å²) in [6.45, 7) is 7.50. The summed E-state index contributed by atoms with van der Waals surface area (Å²) in [7, 11) is 1.63. The fourth-order valence-corrected chi connectivity index (χ4v) is 3.94. The number of hydrogen-bond acceptors (Lipinski definition) is 8. The molecule has 0 aliphatic carbocycles. The van der Waals surface area contributed by atoms with Gasteiger partial charge in [-0.05, 0) is 5.92 Å². The number of thioether (sulfide) groups is 1. The number of nitrogens with zero attached hydrogens (tertiary/aromatic N) is 2. The van der Waals surface area contributed by atoms with Gasteiger partial charge in [-0.2, -0.15) is 0 Å². The molecule has 0 spiro atoms. The van der Waals surface area contributed by atoms with Crippen molar-refractivity contribution in [3.63, 3.8) is 0 Å². The summed E-state index contributed by atoms with van der Waals surface area (Å²) in [4.78, 5) is 45.7. The highest BCUT2D eigenvalue weighted by molar-refractivity contribution is 8.14. The Kier molecular flexibility index (Phi) is 8.18. The highest BCUT2D eigenvalue weighted by atomic mass is 32.2. The number of aromatic nitrogens is 1. The molecule has 1 aliphatic heterocycles. The van der Waals surface area contributed by atoms with Crippen LogP contribution in [0.3, 0.4) is 0 Å². The van der Waals surface area contributed by atoms with E-state index in [1.807, 2.05) is 19.2 Å². The molecular weight excluding hydrogens is 400 g/mol. The standard InChI is InChI=1S/C18H24N4O4S2/c1-5-11-6-13(23)20-7-15-21-12(8-27-15)17(19-4)28-9-14(24)22-16(10(2)3)18(25)26-11/h5,8,10-11,16H,1,6-7,9H2,2-4H3,(H,20,23)(H,22,24)/b19-17-/t11?,16-/m0/s1. The average molecular weight is 425 g/mol. The average Bonchev–Trinajstić information content (AvgIpc) is 3.12. The van der Waals surface area contributed by atoms with Gasteiger partial charge in [-0.15, -0.1) is 11.3 Å². The first-order valence-electron chi connectivity index (χ1n) is 8.77. The molecule has 1 aliphatic rings. The number of nitrogens with one attached hydrogen (secondary N) is 2. The highest BCUT2D eigenvalue weighted by Gasteiger charge is 2.28. The van der Waals surface area contributed by atoms with Crippen molar-refractivity contribution in [2.75, 3.05) is 12.8 Å². The Balaban J connectivity index is 2.26. The molecule has 0 aromatic carbocycles. The Labute approximate surface area is 172 Å². The van der Waals surface area contributed by atoms with Crippen LogP contribution in [0, 0.1) is 5.92 Å². The summed E-state index contributed by atoms with van der Waals surface area (Å²) in [6, 6.07) is -0.820. The molecule has 0 radical (unpaired) electrons. The van der Waals surface area contributed by atoms with E-state index in [4.69, 9.17) is 4.74 Å². The van der Waals surface area contributed by atoms with E-state index in [1.165, 1.54) is 29.2 Å². The van der Waals surface area contributed by atoms with Gasteiger partial charge in [-0.3, -0.25) is 14.6 Å². The summed E-state index contributed by atoms with van der Waals surface area (Å²) in [5.74, 6) is -1.27. The molecule has 0 saturated carbocycles. The molecule has 10 heteroatoms. The van der Waals surface area contributed by atoms with Gasteiger partial charge in [-0.1, -0.05) is 38.3 Å². The Morgan fingerprint density at radius 1 is 1.36 bits per heavy atom. The zero-order valence-electron chi connectivity index (χ0n) is 16.1. The van der Waals surface area contributed by atoms with Gasteiger partial charge in [0, 0.05) is 12.4 Å². The summed E-state index contributed by atoms with van der Waals surface area (Å²) in [5.41, 5.74) is 0.658. The van der Waals surface area contributed by atoms with Gasteiger partial charge in [0.15, 0.2) is 0 Å². The lowest BCUT2D eigenvalue weighted by molar-refractivity contribution is -0.153. The van der Waals surface area contributed by atoms with E-state index in [0.29, 0.717) is 15.7 Å². The van der Waals surface area contributed by atoms with E-state index in [2.05, 4.69) is 27.2 Å². The van der Waals surface area contributed by atoms with Crippen molar-refractivity contribution in [2.45, 2.75) is 39.0 Å². The lowest BCUT2D eigenvalue weighted by atomic mass is 10.0. The van der Waals surface area contributed by atoms with Crippen LogP contribution >= 0.6 is 23.1 Å². The normalized spacial score (nSPS) is 23.9. The van der Waals surface area contributed by atoms with Crippen LogP contribution in [-0.4, -0.2) is 52.8 Å². The minimum absolute atomic E-state index is 0.0518. The van der Waals surface area contributed by atoms with Crippen LogP contribution < -0.4 is 10.6 Å². The van der Waals surface area contributed by atoms with Gasteiger partial charge < -0.3 is 15.4 Å². The van der Waals surface area contributed by atoms with Gasteiger partial charge >= 0.3 is 5.97 Å². The molecule has 1 unspecified atom stereocenters. The van der Waals surface area contributed by atoms with Crippen molar-refractivity contribution in [1.29, 1.82) is 0 Å². The zero-order chi connectivity index (χ0) is 20.7.